The van der Waals surface area contributed by atoms with Crippen LogP contribution in [0.25, 0.3) is 11.6 Å². The van der Waals surface area contributed by atoms with Gasteiger partial charge in [-0.15, -0.1) is 0 Å². The van der Waals surface area contributed by atoms with Gasteiger partial charge in [-0.2, -0.15) is 15.6 Å². The molecule has 0 aliphatic rings. The van der Waals surface area contributed by atoms with Crippen molar-refractivity contribution in [3.63, 3.8) is 0 Å². The molecule has 27 heavy (non-hydrogen) atoms. The van der Waals surface area contributed by atoms with Crippen LogP contribution in [0.1, 0.15) is 16.8 Å². The molecule has 0 fully saturated rings. The average Bonchev–Trinajstić information content (AvgIpc) is 2.95. The third-order valence-electron chi connectivity index (χ3n) is 3.78. The van der Waals surface area contributed by atoms with Crippen LogP contribution in [0.4, 0.5) is 17.2 Å². The molecular weight excluding hydrogens is 350 g/mol. The second-order valence-corrected chi connectivity index (χ2v) is 5.74. The minimum absolute atomic E-state index is 0.00987. The molecule has 0 aliphatic heterocycles. The highest BCUT2D eigenvalue weighted by atomic mass is 16.6. The smallest absolute Gasteiger partial charge is 0.293 e. The van der Waals surface area contributed by atoms with Gasteiger partial charge in [0, 0.05) is 20.2 Å². The maximum absolute atomic E-state index is 11.3. The number of benzene rings is 1. The molecule has 0 radical (unpaired) electrons. The Labute approximate surface area is 155 Å². The Morgan fingerprint density at radius 1 is 1.48 bits per heavy atom. The first kappa shape index (κ1) is 19.4. The van der Waals surface area contributed by atoms with E-state index < -0.39 is 4.92 Å². The summed E-state index contributed by atoms with van der Waals surface area (Å²) in [4.78, 5) is 12.4. The van der Waals surface area contributed by atoms with Gasteiger partial charge in [0.05, 0.1) is 23.6 Å². The largest absolute Gasteiger partial charge is 0.394 e. The molecule has 0 saturated carbocycles. The molecular formula is C17H17N7O3. The second kappa shape index (κ2) is 7.99. The Kier molecular flexibility index (Phi) is 5.75. The zero-order valence-electron chi connectivity index (χ0n) is 14.7. The standard InChI is InChI=1S/C17H17N7O3/c1-22(2)14-4-3-11(8-15(14)24(26)27)7-12(9-18)16-13(10-19)17(20)23(21-16)5-6-25/h3-4,7-8,25H,5-6,20H2,1-2H3/b12-7+. The van der Waals surface area contributed by atoms with Gasteiger partial charge in [0.15, 0.2) is 0 Å². The fraction of sp³-hybridized carbons (Fsp3) is 0.235. The molecule has 0 amide bonds. The fourth-order valence-electron chi connectivity index (χ4n) is 2.51. The van der Waals surface area contributed by atoms with Crippen molar-refractivity contribution in [2.24, 2.45) is 0 Å². The summed E-state index contributed by atoms with van der Waals surface area (Å²) < 4.78 is 1.23. The number of hydrogen-bond donors (Lipinski definition) is 2. The molecule has 0 saturated heterocycles. The Balaban J connectivity index is 2.60. The topological polar surface area (TPSA) is 158 Å². The van der Waals surface area contributed by atoms with E-state index in [1.54, 1.807) is 31.1 Å². The van der Waals surface area contributed by atoms with E-state index in [2.05, 4.69) is 5.10 Å². The Hall–Kier alpha value is -3.89. The first-order valence-electron chi connectivity index (χ1n) is 7.79. The zero-order chi connectivity index (χ0) is 20.1. The number of nitrogens with zero attached hydrogens (tertiary/aromatic N) is 6. The number of rotatable bonds is 6. The van der Waals surface area contributed by atoms with Crippen molar-refractivity contribution in [2.75, 3.05) is 31.3 Å². The van der Waals surface area contributed by atoms with Crippen LogP contribution in [-0.4, -0.2) is 40.5 Å². The summed E-state index contributed by atoms with van der Waals surface area (Å²) in [5.74, 6) is 0.0386. The summed E-state index contributed by atoms with van der Waals surface area (Å²) >= 11 is 0. The lowest BCUT2D eigenvalue weighted by atomic mass is 10.0. The first-order valence-corrected chi connectivity index (χ1v) is 7.79. The van der Waals surface area contributed by atoms with E-state index in [1.807, 2.05) is 12.1 Å². The normalized spacial score (nSPS) is 10.9. The van der Waals surface area contributed by atoms with E-state index in [4.69, 9.17) is 10.8 Å². The van der Waals surface area contributed by atoms with Crippen LogP contribution in [0, 0.1) is 32.8 Å². The van der Waals surface area contributed by atoms with E-state index in [9.17, 15) is 20.6 Å². The third kappa shape index (κ3) is 3.86. The molecule has 10 heteroatoms. The van der Waals surface area contributed by atoms with E-state index in [-0.39, 0.29) is 41.5 Å². The van der Waals surface area contributed by atoms with Crippen LogP contribution in [0.3, 0.4) is 0 Å². The lowest BCUT2D eigenvalue weighted by molar-refractivity contribution is -0.384. The van der Waals surface area contributed by atoms with E-state index >= 15 is 0 Å². The summed E-state index contributed by atoms with van der Waals surface area (Å²) in [6.07, 6.45) is 1.40. The molecule has 1 heterocycles. The van der Waals surface area contributed by atoms with Gasteiger partial charge in [-0.25, -0.2) is 4.68 Å². The maximum Gasteiger partial charge on any atom is 0.293 e. The van der Waals surface area contributed by atoms with Gasteiger partial charge >= 0.3 is 0 Å². The van der Waals surface area contributed by atoms with Crippen LogP contribution >= 0.6 is 0 Å². The first-order chi connectivity index (χ1) is 12.8. The van der Waals surface area contributed by atoms with Crippen molar-refractivity contribution < 1.29 is 10.0 Å². The van der Waals surface area contributed by atoms with Crippen LogP contribution in [0.5, 0.6) is 0 Å². The molecule has 138 valence electrons. The van der Waals surface area contributed by atoms with Gasteiger partial charge in [-0.1, -0.05) is 6.07 Å². The van der Waals surface area contributed by atoms with Gasteiger partial charge in [0.1, 0.15) is 34.9 Å². The number of nitro groups is 1. The number of nitrogens with two attached hydrogens (primary N) is 1. The summed E-state index contributed by atoms with van der Waals surface area (Å²) in [6.45, 7) is -0.164. The van der Waals surface area contributed by atoms with Crippen molar-refractivity contribution >= 4 is 28.8 Å². The van der Waals surface area contributed by atoms with Crippen LogP contribution in [0.15, 0.2) is 18.2 Å². The Morgan fingerprint density at radius 2 is 2.19 bits per heavy atom. The van der Waals surface area contributed by atoms with Gasteiger partial charge < -0.3 is 15.7 Å². The van der Waals surface area contributed by atoms with Gasteiger partial charge in [0.2, 0.25) is 0 Å². The number of aliphatic hydroxyl groups is 1. The van der Waals surface area contributed by atoms with Crippen molar-refractivity contribution in [2.45, 2.75) is 6.54 Å². The molecule has 0 atom stereocenters. The monoisotopic (exact) mass is 367 g/mol. The van der Waals surface area contributed by atoms with E-state index in [1.165, 1.54) is 16.8 Å². The lowest BCUT2D eigenvalue weighted by Crippen LogP contribution is -2.11. The summed E-state index contributed by atoms with van der Waals surface area (Å²) in [7, 11) is 3.38. The second-order valence-electron chi connectivity index (χ2n) is 5.74. The van der Waals surface area contributed by atoms with Gasteiger partial charge in [-0.05, 0) is 17.7 Å². The van der Waals surface area contributed by atoms with E-state index in [0.717, 1.165) is 0 Å². The number of aromatic nitrogens is 2. The predicted molar refractivity (Wildman–Crippen MR) is 99.3 cm³/mol. The average molecular weight is 367 g/mol. The summed E-state index contributed by atoms with van der Waals surface area (Å²) in [5.41, 5.74) is 6.65. The van der Waals surface area contributed by atoms with Gasteiger partial charge in [0.25, 0.3) is 5.69 Å². The Morgan fingerprint density at radius 3 is 2.70 bits per heavy atom. The summed E-state index contributed by atoms with van der Waals surface area (Å²) in [6, 6.07) is 8.38. The fourth-order valence-corrected chi connectivity index (χ4v) is 2.51. The number of hydrogen-bond acceptors (Lipinski definition) is 8. The molecule has 1 aromatic carbocycles. The zero-order valence-corrected chi connectivity index (χ0v) is 14.7. The van der Waals surface area contributed by atoms with Crippen LogP contribution in [-0.2, 0) is 6.54 Å². The predicted octanol–water partition coefficient (Wildman–Crippen LogP) is 1.37. The SMILES string of the molecule is CN(C)c1ccc(/C=C(\C#N)c2nn(CCO)c(N)c2C#N)cc1[N+](=O)[O-]. The number of nitrogen functional groups attached to an aromatic ring is 1. The molecule has 3 N–H and O–H groups in total. The summed E-state index contributed by atoms with van der Waals surface area (Å²) in [5, 5.41) is 43.3. The molecule has 0 unspecified atom stereocenters. The number of allylic oxidation sites excluding steroid dienone is 1. The number of nitro benzene ring substituents is 1. The molecule has 1 aromatic heterocycles. The molecule has 0 bridgehead atoms. The van der Waals surface area contributed by atoms with E-state index in [0.29, 0.717) is 11.3 Å². The number of nitriles is 2. The number of aliphatic hydroxyl groups excluding tert-OH is 1. The molecule has 2 rings (SSSR count). The highest BCUT2D eigenvalue weighted by Crippen LogP contribution is 2.30. The Bertz CT molecular complexity index is 993. The van der Waals surface area contributed by atoms with Crippen molar-refractivity contribution in [3.8, 4) is 12.1 Å². The van der Waals surface area contributed by atoms with Crippen molar-refractivity contribution in [1.82, 2.24) is 9.78 Å². The minimum atomic E-state index is -0.507. The van der Waals surface area contributed by atoms with Crippen molar-refractivity contribution in [1.29, 1.82) is 10.5 Å². The molecule has 0 aliphatic carbocycles. The highest BCUT2D eigenvalue weighted by Gasteiger charge is 2.20. The number of anilines is 2. The van der Waals surface area contributed by atoms with Crippen LogP contribution in [0.2, 0.25) is 0 Å². The van der Waals surface area contributed by atoms with Gasteiger partial charge in [-0.3, -0.25) is 10.1 Å². The lowest BCUT2D eigenvalue weighted by Gasteiger charge is -2.12. The molecule has 0 spiro atoms. The van der Waals surface area contributed by atoms with Crippen molar-refractivity contribution in [3.05, 3.63) is 45.1 Å². The quantitative estimate of drug-likeness (QED) is 0.440. The molecule has 2 aromatic rings. The molecule has 10 nitrogen and oxygen atoms in total. The third-order valence-corrected chi connectivity index (χ3v) is 3.78. The highest BCUT2D eigenvalue weighted by molar-refractivity contribution is 5.91. The minimum Gasteiger partial charge on any atom is -0.394 e. The van der Waals surface area contributed by atoms with Crippen LogP contribution < -0.4 is 10.6 Å². The maximum atomic E-state index is 11.3.